The van der Waals surface area contributed by atoms with Crippen molar-refractivity contribution in [3.8, 4) is 0 Å². The van der Waals surface area contributed by atoms with Gasteiger partial charge in [-0.3, -0.25) is 0 Å². The maximum absolute atomic E-state index is 9.79. The number of unbranched alkanes of at least 4 members (excludes halogenated alkanes) is 1. The fourth-order valence-corrected chi connectivity index (χ4v) is 1.71. The molecule has 1 atom stereocenters. The van der Waals surface area contributed by atoms with Crippen LogP contribution in [0.1, 0.15) is 30.4 Å². The Balaban J connectivity index is 2.37. The minimum Gasteiger partial charge on any atom is -0.393 e. The van der Waals surface area contributed by atoms with E-state index in [9.17, 15) is 5.11 Å². The first-order valence-corrected chi connectivity index (χ1v) is 5.57. The molecule has 0 fully saturated rings. The molecule has 0 bridgehead atoms. The minimum absolute atomic E-state index is 0.216. The highest BCUT2D eigenvalue weighted by Gasteiger charge is 2.04. The highest BCUT2D eigenvalue weighted by atomic mass is 16.3. The van der Waals surface area contributed by atoms with Crippen molar-refractivity contribution in [2.24, 2.45) is 0 Å². The number of aliphatic hydroxyl groups excluding tert-OH is 1. The number of hydrogen-bond acceptors (Lipinski definition) is 1. The van der Waals surface area contributed by atoms with Gasteiger partial charge < -0.3 is 5.11 Å². The highest BCUT2D eigenvalue weighted by Crippen LogP contribution is 2.10. The molecule has 0 amide bonds. The third kappa shape index (κ3) is 4.80. The number of hydrogen-bond donors (Lipinski definition) is 1. The zero-order valence-electron chi connectivity index (χ0n) is 9.45. The molecule has 82 valence electrons. The number of aryl methyl sites for hydroxylation is 1. The Morgan fingerprint density at radius 1 is 1.47 bits per heavy atom. The number of rotatable bonds is 6. The van der Waals surface area contributed by atoms with Crippen molar-refractivity contribution >= 4 is 0 Å². The number of benzene rings is 1. The van der Waals surface area contributed by atoms with Gasteiger partial charge >= 0.3 is 0 Å². The molecule has 0 radical (unpaired) electrons. The maximum Gasteiger partial charge on any atom is 0.0580 e. The first-order chi connectivity index (χ1) is 7.22. The Labute approximate surface area is 92.5 Å². The van der Waals surface area contributed by atoms with Crippen molar-refractivity contribution in [2.45, 2.75) is 38.7 Å². The molecule has 0 spiro atoms. The second kappa shape index (κ2) is 6.41. The van der Waals surface area contributed by atoms with E-state index in [1.54, 1.807) is 0 Å². The van der Waals surface area contributed by atoms with Gasteiger partial charge in [0.15, 0.2) is 0 Å². The van der Waals surface area contributed by atoms with Crippen LogP contribution in [0.25, 0.3) is 0 Å². The van der Waals surface area contributed by atoms with E-state index in [1.807, 2.05) is 12.1 Å². The molecule has 0 aliphatic heterocycles. The molecule has 1 rings (SSSR count). The van der Waals surface area contributed by atoms with Crippen molar-refractivity contribution < 1.29 is 5.11 Å². The molecule has 0 aromatic heterocycles. The van der Waals surface area contributed by atoms with Gasteiger partial charge in [0.25, 0.3) is 0 Å². The summed E-state index contributed by atoms with van der Waals surface area (Å²) >= 11 is 0. The lowest BCUT2D eigenvalue weighted by Gasteiger charge is -2.10. The lowest BCUT2D eigenvalue weighted by molar-refractivity contribution is 0.162. The van der Waals surface area contributed by atoms with Crippen molar-refractivity contribution in [1.82, 2.24) is 0 Å². The van der Waals surface area contributed by atoms with Gasteiger partial charge in [0.2, 0.25) is 0 Å². The van der Waals surface area contributed by atoms with Crippen LogP contribution in [0.4, 0.5) is 0 Å². The lowest BCUT2D eigenvalue weighted by Crippen LogP contribution is -2.10. The molecule has 1 unspecified atom stereocenters. The van der Waals surface area contributed by atoms with Crippen LogP contribution in [0.5, 0.6) is 0 Å². The minimum atomic E-state index is -0.216. The van der Waals surface area contributed by atoms with Crippen LogP contribution in [0.2, 0.25) is 0 Å². The van der Waals surface area contributed by atoms with E-state index in [2.05, 4.69) is 31.7 Å². The molecule has 15 heavy (non-hydrogen) atoms. The van der Waals surface area contributed by atoms with Crippen LogP contribution in [0.15, 0.2) is 36.9 Å². The average molecular weight is 204 g/mol. The van der Waals surface area contributed by atoms with E-state index in [-0.39, 0.29) is 6.10 Å². The van der Waals surface area contributed by atoms with Crippen LogP contribution in [-0.2, 0) is 6.42 Å². The zero-order chi connectivity index (χ0) is 11.1. The summed E-state index contributed by atoms with van der Waals surface area (Å²) in [5.74, 6) is 0. The summed E-state index contributed by atoms with van der Waals surface area (Å²) in [7, 11) is 0. The fraction of sp³-hybridized carbons (Fsp3) is 0.429. The largest absolute Gasteiger partial charge is 0.393 e. The molecule has 0 aliphatic carbocycles. The van der Waals surface area contributed by atoms with Crippen molar-refractivity contribution in [3.63, 3.8) is 0 Å². The quantitative estimate of drug-likeness (QED) is 0.557. The van der Waals surface area contributed by atoms with Gasteiger partial charge in [0, 0.05) is 0 Å². The first kappa shape index (κ1) is 12.0. The van der Waals surface area contributed by atoms with Crippen molar-refractivity contribution in [2.75, 3.05) is 0 Å². The topological polar surface area (TPSA) is 20.2 Å². The van der Waals surface area contributed by atoms with E-state index in [0.717, 1.165) is 25.7 Å². The predicted molar refractivity (Wildman–Crippen MR) is 64.9 cm³/mol. The maximum atomic E-state index is 9.79. The number of aliphatic hydroxyl groups is 1. The van der Waals surface area contributed by atoms with Crippen LogP contribution in [0.3, 0.4) is 0 Å². The average Bonchev–Trinajstić information content (AvgIpc) is 2.18. The third-order valence-electron chi connectivity index (χ3n) is 2.50. The van der Waals surface area contributed by atoms with Gasteiger partial charge in [0.05, 0.1) is 6.10 Å². The summed E-state index contributed by atoms with van der Waals surface area (Å²) in [6.07, 6.45) is 5.33. The lowest BCUT2D eigenvalue weighted by atomic mass is 10.0. The number of allylic oxidation sites excluding steroid dienone is 1. The first-order valence-electron chi connectivity index (χ1n) is 5.57. The smallest absolute Gasteiger partial charge is 0.0580 e. The Kier molecular flexibility index (Phi) is 5.13. The summed E-state index contributed by atoms with van der Waals surface area (Å²) < 4.78 is 0. The summed E-state index contributed by atoms with van der Waals surface area (Å²) in [5, 5.41) is 9.79. The van der Waals surface area contributed by atoms with Gasteiger partial charge in [-0.1, -0.05) is 35.9 Å². The molecular formula is C14H20O. The summed E-state index contributed by atoms with van der Waals surface area (Å²) in [6, 6.07) is 8.33. The van der Waals surface area contributed by atoms with Gasteiger partial charge in [0.1, 0.15) is 0 Å². The SMILES string of the molecule is C=CCCCC(O)Cc1cccc(C)c1. The molecule has 0 saturated carbocycles. The monoisotopic (exact) mass is 204 g/mol. The Hall–Kier alpha value is -1.08. The molecule has 1 N–H and O–H groups in total. The Bertz CT molecular complexity index is 304. The summed E-state index contributed by atoms with van der Waals surface area (Å²) in [6.45, 7) is 5.75. The Morgan fingerprint density at radius 2 is 2.27 bits per heavy atom. The van der Waals surface area contributed by atoms with E-state index in [4.69, 9.17) is 0 Å². The van der Waals surface area contributed by atoms with Crippen molar-refractivity contribution in [1.29, 1.82) is 0 Å². The second-order valence-corrected chi connectivity index (χ2v) is 4.07. The standard InChI is InChI=1S/C14H20O/c1-3-4-5-9-14(15)11-13-8-6-7-12(2)10-13/h3,6-8,10,14-15H,1,4-5,9,11H2,2H3. The molecule has 0 saturated heterocycles. The molecule has 1 heteroatoms. The van der Waals surface area contributed by atoms with Gasteiger partial charge in [-0.2, -0.15) is 0 Å². The van der Waals surface area contributed by atoms with E-state index >= 15 is 0 Å². The van der Waals surface area contributed by atoms with E-state index < -0.39 is 0 Å². The van der Waals surface area contributed by atoms with Crippen LogP contribution < -0.4 is 0 Å². The second-order valence-electron chi connectivity index (χ2n) is 4.07. The van der Waals surface area contributed by atoms with Gasteiger partial charge in [-0.15, -0.1) is 6.58 Å². The molecular weight excluding hydrogens is 184 g/mol. The van der Waals surface area contributed by atoms with E-state index in [0.29, 0.717) is 0 Å². The Morgan fingerprint density at radius 3 is 2.93 bits per heavy atom. The summed E-state index contributed by atoms with van der Waals surface area (Å²) in [4.78, 5) is 0. The van der Waals surface area contributed by atoms with E-state index in [1.165, 1.54) is 11.1 Å². The summed E-state index contributed by atoms with van der Waals surface area (Å²) in [5.41, 5.74) is 2.48. The molecule has 1 aromatic carbocycles. The van der Waals surface area contributed by atoms with Gasteiger partial charge in [-0.05, 0) is 38.2 Å². The van der Waals surface area contributed by atoms with Crippen LogP contribution >= 0.6 is 0 Å². The van der Waals surface area contributed by atoms with Crippen molar-refractivity contribution in [3.05, 3.63) is 48.0 Å². The predicted octanol–water partition coefficient (Wildman–Crippen LogP) is 3.25. The van der Waals surface area contributed by atoms with Gasteiger partial charge in [-0.25, -0.2) is 0 Å². The molecule has 0 heterocycles. The van der Waals surface area contributed by atoms with Crippen LogP contribution in [-0.4, -0.2) is 11.2 Å². The zero-order valence-corrected chi connectivity index (χ0v) is 9.45. The third-order valence-corrected chi connectivity index (χ3v) is 2.50. The van der Waals surface area contributed by atoms with Crippen LogP contribution in [0, 0.1) is 6.92 Å². The normalized spacial score (nSPS) is 12.4. The fourth-order valence-electron chi connectivity index (χ4n) is 1.71. The molecule has 1 aromatic rings. The molecule has 1 nitrogen and oxygen atoms in total. The molecule has 0 aliphatic rings. The highest BCUT2D eigenvalue weighted by molar-refractivity contribution is 5.22.